The number of amides is 1. The van der Waals surface area contributed by atoms with Gasteiger partial charge in [0.15, 0.2) is 17.5 Å². The Morgan fingerprint density at radius 3 is 2.23 bits per heavy atom. The summed E-state index contributed by atoms with van der Waals surface area (Å²) >= 11 is 0. The molecule has 3 aromatic rings. The Kier molecular flexibility index (Phi) is 6.75. The van der Waals surface area contributed by atoms with Gasteiger partial charge in [-0.25, -0.2) is 28.5 Å². The number of aryl methyl sites for hydroxylation is 1. The maximum absolute atomic E-state index is 14.2. The van der Waals surface area contributed by atoms with Gasteiger partial charge in [-0.05, 0) is 76.1 Å². The van der Waals surface area contributed by atoms with Crippen molar-refractivity contribution in [1.29, 1.82) is 0 Å². The first-order valence-electron chi connectivity index (χ1n) is 14.9. The molecule has 2 fully saturated rings. The van der Waals surface area contributed by atoms with Crippen molar-refractivity contribution in [1.82, 2.24) is 19.9 Å². The molecule has 1 saturated heterocycles. The molecule has 0 atom stereocenters. The summed E-state index contributed by atoms with van der Waals surface area (Å²) in [6.45, 7) is 15.8. The van der Waals surface area contributed by atoms with Gasteiger partial charge in [-0.1, -0.05) is 13.8 Å². The van der Waals surface area contributed by atoms with Crippen LogP contribution in [0.25, 0.3) is 0 Å². The van der Waals surface area contributed by atoms with E-state index >= 15 is 0 Å². The molecule has 3 aliphatic rings. The number of nitrogens with zero attached hydrogens (tertiary/aromatic N) is 6. The third-order valence-electron chi connectivity index (χ3n) is 9.61. The Bertz CT molecular complexity index is 1710. The van der Waals surface area contributed by atoms with Crippen molar-refractivity contribution >= 4 is 29.2 Å². The number of anilines is 3. The van der Waals surface area contributed by atoms with E-state index in [1.807, 2.05) is 30.6 Å². The van der Waals surface area contributed by atoms with Crippen LogP contribution in [0.1, 0.15) is 83.9 Å². The quantitative estimate of drug-likeness (QED) is 0.403. The Morgan fingerprint density at radius 1 is 0.909 bits per heavy atom. The zero-order valence-electron chi connectivity index (χ0n) is 26.3. The number of fused-ring (bicyclic) bond motifs is 2. The number of pyridine rings is 1. The zero-order chi connectivity index (χ0) is 31.9. The highest BCUT2D eigenvalue weighted by Crippen LogP contribution is 2.60. The van der Waals surface area contributed by atoms with Crippen LogP contribution in [0.15, 0.2) is 24.4 Å². The minimum absolute atomic E-state index is 0.0902. The second kappa shape index (κ2) is 9.93. The van der Waals surface area contributed by atoms with Gasteiger partial charge in [0.1, 0.15) is 11.5 Å². The molecule has 4 heterocycles. The fourth-order valence-corrected chi connectivity index (χ4v) is 7.82. The molecule has 0 unspecified atom stereocenters. The molecule has 1 aliphatic carbocycles. The number of rotatable bonds is 4. The maximum Gasteiger partial charge on any atom is 0.337 e. The summed E-state index contributed by atoms with van der Waals surface area (Å²) in [6.07, 6.45) is 3.17. The van der Waals surface area contributed by atoms with Crippen molar-refractivity contribution in [2.75, 3.05) is 36.0 Å². The van der Waals surface area contributed by atoms with Gasteiger partial charge < -0.3 is 19.8 Å². The van der Waals surface area contributed by atoms with E-state index in [1.165, 1.54) is 12.3 Å². The molecular formula is C33H38F2N6O3. The van der Waals surface area contributed by atoms with E-state index in [-0.39, 0.29) is 28.0 Å². The van der Waals surface area contributed by atoms with E-state index in [4.69, 9.17) is 9.97 Å². The highest BCUT2D eigenvalue weighted by Gasteiger charge is 2.57. The van der Waals surface area contributed by atoms with Gasteiger partial charge in [0.25, 0.3) is 5.91 Å². The molecule has 2 aliphatic heterocycles. The zero-order valence-corrected chi connectivity index (χ0v) is 26.3. The second-order valence-electron chi connectivity index (χ2n) is 14.1. The molecule has 0 bridgehead atoms. The Hall–Kier alpha value is -4.15. The standard InChI is InChI=1S/C33H38F2N6O3/c1-18-19(2)27(37-20(3)25(18)30(43)44)39-10-11-41(32(6,7)16-39)29(42)24-13-36-28-26(38-24)33(14-31(4,5)15-33)17-40(28)21-8-9-22(34)23(35)12-21/h8-9,12-13H,10-11,14-17H2,1-7H3,(H,43,44). The van der Waals surface area contributed by atoms with E-state index in [1.54, 1.807) is 19.9 Å². The highest BCUT2D eigenvalue weighted by molar-refractivity contribution is 5.93. The number of aromatic nitrogens is 3. The minimum Gasteiger partial charge on any atom is -0.478 e. The van der Waals surface area contributed by atoms with Crippen LogP contribution in [0.2, 0.25) is 0 Å². The predicted molar refractivity (Wildman–Crippen MR) is 163 cm³/mol. The minimum atomic E-state index is -0.992. The van der Waals surface area contributed by atoms with Gasteiger partial charge in [-0.15, -0.1) is 0 Å². The lowest BCUT2D eigenvalue weighted by atomic mass is 9.54. The van der Waals surface area contributed by atoms with Crippen molar-refractivity contribution in [3.05, 3.63) is 69.8 Å². The second-order valence-corrected chi connectivity index (χ2v) is 14.1. The molecule has 232 valence electrons. The van der Waals surface area contributed by atoms with Crippen LogP contribution in [0.4, 0.5) is 26.1 Å². The number of aromatic carboxylic acids is 1. The number of carbonyl (C=O) groups is 2. The number of halogens is 2. The first-order valence-corrected chi connectivity index (χ1v) is 14.9. The monoisotopic (exact) mass is 604 g/mol. The number of carbonyl (C=O) groups excluding carboxylic acids is 1. The van der Waals surface area contributed by atoms with Crippen LogP contribution in [-0.2, 0) is 5.41 Å². The van der Waals surface area contributed by atoms with Crippen molar-refractivity contribution < 1.29 is 23.5 Å². The van der Waals surface area contributed by atoms with E-state index in [0.717, 1.165) is 36.0 Å². The van der Waals surface area contributed by atoms with E-state index < -0.39 is 23.1 Å². The maximum atomic E-state index is 14.2. The molecule has 6 rings (SSSR count). The van der Waals surface area contributed by atoms with E-state index in [9.17, 15) is 23.5 Å². The first kappa shape index (κ1) is 29.9. The third-order valence-corrected chi connectivity index (χ3v) is 9.61. The van der Waals surface area contributed by atoms with Crippen molar-refractivity contribution in [2.24, 2.45) is 5.41 Å². The van der Waals surface area contributed by atoms with E-state index in [0.29, 0.717) is 48.9 Å². The van der Waals surface area contributed by atoms with Gasteiger partial charge in [0.2, 0.25) is 0 Å². The van der Waals surface area contributed by atoms with Crippen molar-refractivity contribution in [3.63, 3.8) is 0 Å². The predicted octanol–water partition coefficient (Wildman–Crippen LogP) is 5.72. The molecule has 2 aromatic heterocycles. The van der Waals surface area contributed by atoms with Gasteiger partial charge in [-0.2, -0.15) is 0 Å². The first-order chi connectivity index (χ1) is 20.5. The summed E-state index contributed by atoms with van der Waals surface area (Å²) in [4.78, 5) is 46.0. The summed E-state index contributed by atoms with van der Waals surface area (Å²) in [5, 5.41) is 9.65. The number of carboxylic acids is 1. The molecule has 11 heteroatoms. The summed E-state index contributed by atoms with van der Waals surface area (Å²) in [6, 6.07) is 3.84. The molecule has 44 heavy (non-hydrogen) atoms. The van der Waals surface area contributed by atoms with Gasteiger partial charge in [0, 0.05) is 43.3 Å². The topological polar surface area (TPSA) is 103 Å². The molecule has 1 aromatic carbocycles. The lowest BCUT2D eigenvalue weighted by Gasteiger charge is -2.51. The lowest BCUT2D eigenvalue weighted by Crippen LogP contribution is -2.61. The van der Waals surface area contributed by atoms with Crippen LogP contribution < -0.4 is 9.80 Å². The number of hydrogen-bond acceptors (Lipinski definition) is 7. The van der Waals surface area contributed by atoms with Gasteiger partial charge in [-0.3, -0.25) is 4.79 Å². The molecule has 1 spiro atoms. The van der Waals surface area contributed by atoms with Crippen LogP contribution in [-0.4, -0.2) is 68.6 Å². The number of benzene rings is 1. The summed E-state index contributed by atoms with van der Waals surface area (Å²) in [7, 11) is 0. The number of carboxylic acid groups (broad SMARTS) is 1. The average molecular weight is 605 g/mol. The lowest BCUT2D eigenvalue weighted by molar-refractivity contribution is 0.0501. The highest BCUT2D eigenvalue weighted by atomic mass is 19.2. The van der Waals surface area contributed by atoms with Crippen LogP contribution in [0, 0.1) is 37.8 Å². The fourth-order valence-electron chi connectivity index (χ4n) is 7.82. The molecule has 1 amide bonds. The normalized spacial score (nSPS) is 19.6. The van der Waals surface area contributed by atoms with Crippen LogP contribution in [0.3, 0.4) is 0 Å². The van der Waals surface area contributed by atoms with Crippen LogP contribution in [0.5, 0.6) is 0 Å². The molecule has 0 radical (unpaired) electrons. The van der Waals surface area contributed by atoms with E-state index in [2.05, 4.69) is 23.7 Å². The van der Waals surface area contributed by atoms with Gasteiger partial charge >= 0.3 is 5.97 Å². The van der Waals surface area contributed by atoms with Crippen molar-refractivity contribution in [3.8, 4) is 0 Å². The molecule has 1 saturated carbocycles. The molecule has 1 N–H and O–H groups in total. The van der Waals surface area contributed by atoms with Crippen molar-refractivity contribution in [2.45, 2.75) is 72.3 Å². The summed E-state index contributed by atoms with van der Waals surface area (Å²) in [5.41, 5.74) is 2.85. The fraction of sp³-hybridized carbons (Fsp3) is 0.485. The Labute approximate surface area is 255 Å². The van der Waals surface area contributed by atoms with Gasteiger partial charge in [0.05, 0.1) is 28.7 Å². The molecular weight excluding hydrogens is 566 g/mol. The SMILES string of the molecule is Cc1nc(N2CCN(C(=O)c3cnc4c(n3)C3(CN4c4ccc(F)c(F)c4)CC(C)(C)C3)C(C)(C)C2)c(C)c(C)c1C(=O)O. The number of piperazine rings is 1. The summed E-state index contributed by atoms with van der Waals surface area (Å²) < 4.78 is 27.9. The smallest absolute Gasteiger partial charge is 0.337 e. The summed E-state index contributed by atoms with van der Waals surface area (Å²) in [5.74, 6) is -1.74. The third kappa shape index (κ3) is 4.68. The average Bonchev–Trinajstić information content (AvgIpc) is 3.24. The Balaban J connectivity index is 1.29. The largest absolute Gasteiger partial charge is 0.478 e. The molecule has 9 nitrogen and oxygen atoms in total. The Morgan fingerprint density at radius 2 is 1.61 bits per heavy atom. The van der Waals surface area contributed by atoms with Crippen LogP contribution >= 0.6 is 0 Å². The number of hydrogen-bond donors (Lipinski definition) is 1.